The van der Waals surface area contributed by atoms with Crippen molar-refractivity contribution in [2.45, 2.75) is 20.3 Å². The number of methoxy groups -OCH3 is 1. The maximum absolute atomic E-state index is 6.15. The Morgan fingerprint density at radius 2 is 1.83 bits per heavy atom. The van der Waals surface area contributed by atoms with E-state index in [0.717, 1.165) is 17.7 Å². The molecule has 0 heterocycles. The molecule has 0 aliphatic carbocycles. The molecule has 0 atom stereocenters. The Bertz CT molecular complexity index is 387. The molecule has 0 aliphatic heterocycles. The predicted molar refractivity (Wildman–Crippen MR) is 80.4 cm³/mol. The van der Waals surface area contributed by atoms with Crippen molar-refractivity contribution in [1.82, 2.24) is 0 Å². The molecule has 0 saturated heterocycles. The van der Waals surface area contributed by atoms with Gasteiger partial charge in [0.15, 0.2) is 0 Å². The van der Waals surface area contributed by atoms with E-state index in [1.54, 1.807) is 7.11 Å². The zero-order valence-corrected chi connectivity index (χ0v) is 13.2. The van der Waals surface area contributed by atoms with Gasteiger partial charge in [0.05, 0.1) is 7.11 Å². The van der Waals surface area contributed by atoms with Crippen LogP contribution in [0.15, 0.2) is 18.2 Å². The minimum atomic E-state index is -0.138. The quantitative estimate of drug-likeness (QED) is 0.671. The van der Waals surface area contributed by atoms with E-state index < -0.39 is 0 Å². The summed E-state index contributed by atoms with van der Waals surface area (Å²) < 4.78 is 5.37. The van der Waals surface area contributed by atoms with Crippen LogP contribution in [-0.4, -0.2) is 18.9 Å². The van der Waals surface area contributed by atoms with Gasteiger partial charge >= 0.3 is 0 Å². The van der Waals surface area contributed by atoms with E-state index in [4.69, 9.17) is 39.5 Å². The van der Waals surface area contributed by atoms with E-state index in [1.165, 1.54) is 0 Å². The molecule has 102 valence electrons. The number of rotatable bonds is 6. The highest BCUT2D eigenvalue weighted by Crippen LogP contribution is 2.37. The minimum absolute atomic E-state index is 0.138. The number of ether oxygens (including phenoxy) is 1. The molecule has 18 heavy (non-hydrogen) atoms. The number of benzene rings is 1. The molecule has 0 aliphatic rings. The summed E-state index contributed by atoms with van der Waals surface area (Å²) in [5.41, 5.74) is 0.918. The van der Waals surface area contributed by atoms with E-state index in [0.29, 0.717) is 22.7 Å². The lowest BCUT2D eigenvalue weighted by molar-refractivity contribution is 0.255. The van der Waals surface area contributed by atoms with Crippen molar-refractivity contribution < 1.29 is 4.74 Å². The molecular formula is C14H19Cl3O. The SMILES string of the molecule is COc1ccc(Cl)cc1CC(CCl)(CCl)C(C)C. The summed E-state index contributed by atoms with van der Waals surface area (Å²) in [4.78, 5) is 0. The van der Waals surface area contributed by atoms with Gasteiger partial charge in [-0.1, -0.05) is 25.4 Å². The van der Waals surface area contributed by atoms with E-state index >= 15 is 0 Å². The number of alkyl halides is 2. The summed E-state index contributed by atoms with van der Waals surface area (Å²) in [5.74, 6) is 2.25. The highest BCUT2D eigenvalue weighted by molar-refractivity contribution is 6.30. The van der Waals surface area contributed by atoms with E-state index in [2.05, 4.69) is 13.8 Å². The van der Waals surface area contributed by atoms with Crippen molar-refractivity contribution in [3.63, 3.8) is 0 Å². The molecule has 1 rings (SSSR count). The lowest BCUT2D eigenvalue weighted by Gasteiger charge is -2.34. The second-order valence-electron chi connectivity index (χ2n) is 4.92. The van der Waals surface area contributed by atoms with Crippen LogP contribution in [0, 0.1) is 11.3 Å². The fourth-order valence-electron chi connectivity index (χ4n) is 1.91. The molecule has 0 spiro atoms. The van der Waals surface area contributed by atoms with Crippen molar-refractivity contribution in [3.8, 4) is 5.75 Å². The van der Waals surface area contributed by atoms with Crippen LogP contribution in [0.3, 0.4) is 0 Å². The molecule has 0 N–H and O–H groups in total. The Hall–Kier alpha value is -0.110. The topological polar surface area (TPSA) is 9.23 Å². The van der Waals surface area contributed by atoms with Gasteiger partial charge < -0.3 is 4.74 Å². The van der Waals surface area contributed by atoms with Crippen molar-refractivity contribution in [2.24, 2.45) is 11.3 Å². The van der Waals surface area contributed by atoms with Crippen LogP contribution in [0.1, 0.15) is 19.4 Å². The van der Waals surface area contributed by atoms with Crippen LogP contribution >= 0.6 is 34.8 Å². The van der Waals surface area contributed by atoms with Gasteiger partial charge in [-0.3, -0.25) is 0 Å². The van der Waals surface area contributed by atoms with Crippen LogP contribution in [0.25, 0.3) is 0 Å². The second-order valence-corrected chi connectivity index (χ2v) is 5.89. The van der Waals surface area contributed by atoms with Gasteiger partial charge in [0, 0.05) is 22.2 Å². The largest absolute Gasteiger partial charge is 0.496 e. The minimum Gasteiger partial charge on any atom is -0.496 e. The molecule has 1 aromatic rings. The fraction of sp³-hybridized carbons (Fsp3) is 0.571. The second kappa shape index (κ2) is 6.88. The Morgan fingerprint density at radius 3 is 2.28 bits per heavy atom. The van der Waals surface area contributed by atoms with Crippen LogP contribution in [0.5, 0.6) is 5.75 Å². The zero-order valence-electron chi connectivity index (χ0n) is 11.0. The monoisotopic (exact) mass is 308 g/mol. The summed E-state index contributed by atoms with van der Waals surface area (Å²) in [6.07, 6.45) is 0.765. The van der Waals surface area contributed by atoms with Gasteiger partial charge in [-0.2, -0.15) is 0 Å². The number of hydrogen-bond acceptors (Lipinski definition) is 1. The van der Waals surface area contributed by atoms with Gasteiger partial charge in [-0.15, -0.1) is 23.2 Å². The van der Waals surface area contributed by atoms with Gasteiger partial charge in [0.25, 0.3) is 0 Å². The molecule has 0 unspecified atom stereocenters. The standard InChI is InChI=1S/C14H19Cl3O/c1-10(2)14(8-15,9-16)7-11-6-12(17)4-5-13(11)18-3/h4-6,10H,7-9H2,1-3H3. The third-order valence-electron chi connectivity index (χ3n) is 3.54. The summed E-state index contributed by atoms with van der Waals surface area (Å²) in [7, 11) is 1.66. The average Bonchev–Trinajstić information content (AvgIpc) is 2.36. The lowest BCUT2D eigenvalue weighted by Crippen LogP contribution is -2.34. The first kappa shape index (κ1) is 15.9. The maximum Gasteiger partial charge on any atom is 0.122 e. The predicted octanol–water partition coefficient (Wildman–Crippen LogP) is 5.01. The fourth-order valence-corrected chi connectivity index (χ4v) is 3.19. The molecule has 0 saturated carbocycles. The summed E-state index contributed by atoms with van der Waals surface area (Å²) in [6.45, 7) is 4.28. The summed E-state index contributed by atoms with van der Waals surface area (Å²) >= 11 is 18.3. The lowest BCUT2D eigenvalue weighted by atomic mass is 9.75. The van der Waals surface area contributed by atoms with Gasteiger partial charge in [0.1, 0.15) is 5.75 Å². The Morgan fingerprint density at radius 1 is 1.22 bits per heavy atom. The smallest absolute Gasteiger partial charge is 0.122 e. The molecule has 0 aromatic heterocycles. The van der Waals surface area contributed by atoms with Crippen LogP contribution in [0.4, 0.5) is 0 Å². The van der Waals surface area contributed by atoms with E-state index in [-0.39, 0.29) is 5.41 Å². The Kier molecular flexibility index (Phi) is 6.10. The van der Waals surface area contributed by atoms with Crippen LogP contribution in [0.2, 0.25) is 5.02 Å². The van der Waals surface area contributed by atoms with Crippen LogP contribution < -0.4 is 4.74 Å². The summed E-state index contributed by atoms with van der Waals surface area (Å²) in [5, 5.41) is 0.701. The maximum atomic E-state index is 6.15. The van der Waals surface area contributed by atoms with Gasteiger partial charge in [0.2, 0.25) is 0 Å². The molecule has 0 radical (unpaired) electrons. The highest BCUT2D eigenvalue weighted by Gasteiger charge is 2.33. The van der Waals surface area contributed by atoms with Gasteiger partial charge in [-0.25, -0.2) is 0 Å². The van der Waals surface area contributed by atoms with Crippen molar-refractivity contribution in [2.75, 3.05) is 18.9 Å². The van der Waals surface area contributed by atoms with E-state index in [1.807, 2.05) is 18.2 Å². The normalized spacial score (nSPS) is 11.9. The third-order valence-corrected chi connectivity index (χ3v) is 4.84. The highest BCUT2D eigenvalue weighted by atomic mass is 35.5. The molecule has 0 fully saturated rings. The first-order valence-electron chi connectivity index (χ1n) is 5.93. The third kappa shape index (κ3) is 3.46. The average molecular weight is 310 g/mol. The number of halogens is 3. The molecule has 0 bridgehead atoms. The van der Waals surface area contributed by atoms with Crippen LogP contribution in [-0.2, 0) is 6.42 Å². The van der Waals surface area contributed by atoms with E-state index in [9.17, 15) is 0 Å². The zero-order chi connectivity index (χ0) is 13.8. The van der Waals surface area contributed by atoms with Crippen molar-refractivity contribution in [3.05, 3.63) is 28.8 Å². The van der Waals surface area contributed by atoms with Crippen molar-refractivity contribution >= 4 is 34.8 Å². The molecular weight excluding hydrogens is 291 g/mol. The first-order valence-corrected chi connectivity index (χ1v) is 7.38. The van der Waals surface area contributed by atoms with Crippen molar-refractivity contribution in [1.29, 1.82) is 0 Å². The molecule has 1 aromatic carbocycles. The summed E-state index contributed by atoms with van der Waals surface area (Å²) in [6, 6.07) is 5.63. The first-order chi connectivity index (χ1) is 8.49. The van der Waals surface area contributed by atoms with Gasteiger partial charge in [-0.05, 0) is 36.1 Å². The number of hydrogen-bond donors (Lipinski definition) is 0. The Balaban J connectivity index is 3.10. The molecule has 0 amide bonds. The molecule has 4 heteroatoms. The molecule has 1 nitrogen and oxygen atoms in total. The Labute approximate surface area is 124 Å².